The molecule has 5 heteroatoms. The predicted octanol–water partition coefficient (Wildman–Crippen LogP) is 4.66. The van der Waals surface area contributed by atoms with Crippen LogP contribution in [0.2, 0.25) is 0 Å². The minimum atomic E-state index is 0.0244. The van der Waals surface area contributed by atoms with Crippen molar-refractivity contribution in [3.8, 4) is 6.07 Å². The van der Waals surface area contributed by atoms with Crippen molar-refractivity contribution in [1.82, 2.24) is 0 Å². The van der Waals surface area contributed by atoms with Gasteiger partial charge in [-0.2, -0.15) is 5.26 Å². The molecule has 0 aliphatic carbocycles. The molecular weight excluding hydrogens is 252 g/mol. The van der Waals surface area contributed by atoms with Crippen LogP contribution in [-0.2, 0) is 0 Å². The first-order chi connectivity index (χ1) is 9.76. The molecule has 0 aliphatic heterocycles. The molecule has 0 aliphatic rings. The molecule has 0 atom stereocenters. The molecular formula is C15H12N4O. The number of benzene rings is 2. The van der Waals surface area contributed by atoms with E-state index in [1.54, 1.807) is 30.3 Å². The largest absolute Gasteiger partial charge is 0.294 e. The number of rotatable bonds is 5. The average molecular weight is 264 g/mol. The second kappa shape index (κ2) is 6.37. The highest BCUT2D eigenvalue weighted by Gasteiger charge is 2.07. The molecule has 5 nitrogen and oxygen atoms in total. The topological polar surface area (TPSA) is 89.6 Å². The van der Waals surface area contributed by atoms with E-state index in [-0.39, 0.29) is 5.78 Å². The molecule has 0 unspecified atom stereocenters. The van der Waals surface area contributed by atoms with Crippen LogP contribution >= 0.6 is 0 Å². The Morgan fingerprint density at radius 3 is 2.95 bits per heavy atom. The number of fused-ring (bicyclic) bond motifs is 1. The number of azide groups is 1. The van der Waals surface area contributed by atoms with Gasteiger partial charge in [0.2, 0.25) is 0 Å². The Morgan fingerprint density at radius 1 is 1.35 bits per heavy atom. The number of hydrogen-bond acceptors (Lipinski definition) is 3. The Morgan fingerprint density at radius 2 is 2.20 bits per heavy atom. The lowest BCUT2D eigenvalue weighted by atomic mass is 10.0. The highest BCUT2D eigenvalue weighted by atomic mass is 16.1. The van der Waals surface area contributed by atoms with Gasteiger partial charge < -0.3 is 0 Å². The molecule has 0 heterocycles. The summed E-state index contributed by atoms with van der Waals surface area (Å²) in [6.07, 6.45) is 1.33. The van der Waals surface area contributed by atoms with Crippen LogP contribution in [0.15, 0.2) is 41.5 Å². The second-order valence-corrected chi connectivity index (χ2v) is 4.34. The Kier molecular flexibility index (Phi) is 4.33. The fourth-order valence-corrected chi connectivity index (χ4v) is 2.05. The number of nitrogens with zero attached hydrogens (tertiary/aromatic N) is 4. The summed E-state index contributed by atoms with van der Waals surface area (Å²) >= 11 is 0. The van der Waals surface area contributed by atoms with E-state index >= 15 is 0 Å². The van der Waals surface area contributed by atoms with Crippen molar-refractivity contribution >= 4 is 22.2 Å². The predicted molar refractivity (Wildman–Crippen MR) is 76.5 cm³/mol. The highest BCUT2D eigenvalue weighted by Crippen LogP contribution is 2.27. The summed E-state index contributed by atoms with van der Waals surface area (Å²) in [7, 11) is 0. The van der Waals surface area contributed by atoms with Gasteiger partial charge >= 0.3 is 0 Å². The summed E-state index contributed by atoms with van der Waals surface area (Å²) in [4.78, 5) is 14.8. The number of Topliss-reactive ketones (excluding diaryl/α,β-unsaturated/α-hetero) is 1. The van der Waals surface area contributed by atoms with Crippen LogP contribution in [0.4, 0.5) is 5.69 Å². The monoisotopic (exact) mass is 264 g/mol. The van der Waals surface area contributed by atoms with Crippen LogP contribution in [0, 0.1) is 11.3 Å². The number of carbonyl (C=O) groups excluding carboxylic acids is 1. The fraction of sp³-hybridized carbons (Fsp3) is 0.200. The summed E-state index contributed by atoms with van der Waals surface area (Å²) in [6.45, 7) is 0. The van der Waals surface area contributed by atoms with E-state index in [9.17, 15) is 4.79 Å². The standard InChI is InChI=1S/C15H12N4O/c16-9-2-1-6-15(20)12-7-8-13-11(10-12)4-3-5-14(13)18-19-17/h3-5,7-8,10H,1-2,6H2. The second-order valence-electron chi connectivity index (χ2n) is 4.34. The summed E-state index contributed by atoms with van der Waals surface area (Å²) < 4.78 is 0. The van der Waals surface area contributed by atoms with E-state index in [2.05, 4.69) is 10.0 Å². The SMILES string of the molecule is N#CCCCC(=O)c1ccc2c(N=[N+]=[N-])cccc2c1. The molecule has 0 fully saturated rings. The van der Waals surface area contributed by atoms with Crippen molar-refractivity contribution in [1.29, 1.82) is 5.26 Å². The molecule has 2 aromatic carbocycles. The van der Waals surface area contributed by atoms with Crippen LogP contribution in [0.3, 0.4) is 0 Å². The van der Waals surface area contributed by atoms with Crippen molar-refractivity contribution < 1.29 is 4.79 Å². The van der Waals surface area contributed by atoms with Crippen molar-refractivity contribution in [2.45, 2.75) is 19.3 Å². The molecule has 0 aromatic heterocycles. The normalized spacial score (nSPS) is 9.75. The van der Waals surface area contributed by atoms with Gasteiger partial charge in [-0.05, 0) is 28.8 Å². The third-order valence-corrected chi connectivity index (χ3v) is 3.02. The van der Waals surface area contributed by atoms with Crippen LogP contribution in [0.25, 0.3) is 21.2 Å². The third kappa shape index (κ3) is 2.94. The van der Waals surface area contributed by atoms with Crippen LogP contribution in [0.1, 0.15) is 29.6 Å². The van der Waals surface area contributed by atoms with Gasteiger partial charge in [0, 0.05) is 29.0 Å². The Labute approximate surface area is 116 Å². The summed E-state index contributed by atoms with van der Waals surface area (Å²) in [5.74, 6) is 0.0244. The molecule has 0 saturated heterocycles. The van der Waals surface area contributed by atoms with Gasteiger partial charge in [0.1, 0.15) is 0 Å². The molecule has 0 saturated carbocycles. The lowest BCUT2D eigenvalue weighted by Crippen LogP contribution is -1.98. The van der Waals surface area contributed by atoms with Crippen LogP contribution < -0.4 is 0 Å². The zero-order chi connectivity index (χ0) is 14.4. The number of nitriles is 1. The van der Waals surface area contributed by atoms with Crippen molar-refractivity contribution in [3.05, 3.63) is 52.4 Å². The Bertz CT molecular complexity index is 739. The number of carbonyl (C=O) groups is 1. The summed E-state index contributed by atoms with van der Waals surface area (Å²) in [5, 5.41) is 13.8. The van der Waals surface area contributed by atoms with Gasteiger partial charge in [0.15, 0.2) is 5.78 Å². The van der Waals surface area contributed by atoms with Gasteiger partial charge in [-0.3, -0.25) is 4.79 Å². The number of hydrogen-bond donors (Lipinski definition) is 0. The molecule has 0 bridgehead atoms. The first-order valence-corrected chi connectivity index (χ1v) is 6.24. The van der Waals surface area contributed by atoms with Gasteiger partial charge in [-0.1, -0.05) is 35.4 Å². The van der Waals surface area contributed by atoms with Crippen molar-refractivity contribution in [2.24, 2.45) is 5.11 Å². The van der Waals surface area contributed by atoms with E-state index in [0.29, 0.717) is 30.5 Å². The maximum Gasteiger partial charge on any atom is 0.162 e. The van der Waals surface area contributed by atoms with Gasteiger partial charge in [0.05, 0.1) is 6.07 Å². The zero-order valence-electron chi connectivity index (χ0n) is 10.8. The minimum Gasteiger partial charge on any atom is -0.294 e. The fourth-order valence-electron chi connectivity index (χ4n) is 2.05. The molecule has 0 N–H and O–H groups in total. The summed E-state index contributed by atoms with van der Waals surface area (Å²) in [5.41, 5.74) is 9.69. The number of unbranched alkanes of at least 4 members (excludes halogenated alkanes) is 1. The van der Waals surface area contributed by atoms with Crippen molar-refractivity contribution in [2.75, 3.05) is 0 Å². The molecule has 20 heavy (non-hydrogen) atoms. The lowest BCUT2D eigenvalue weighted by molar-refractivity contribution is 0.0980. The average Bonchev–Trinajstić information content (AvgIpc) is 2.47. The lowest BCUT2D eigenvalue weighted by Gasteiger charge is -2.04. The molecule has 0 amide bonds. The minimum absolute atomic E-state index is 0.0244. The smallest absolute Gasteiger partial charge is 0.162 e. The first-order valence-electron chi connectivity index (χ1n) is 6.24. The maximum absolute atomic E-state index is 12.0. The van der Waals surface area contributed by atoms with E-state index in [1.165, 1.54) is 0 Å². The van der Waals surface area contributed by atoms with Gasteiger partial charge in [-0.15, -0.1) is 0 Å². The van der Waals surface area contributed by atoms with Gasteiger partial charge in [-0.25, -0.2) is 0 Å². The maximum atomic E-state index is 12.0. The third-order valence-electron chi connectivity index (χ3n) is 3.02. The Balaban J connectivity index is 2.33. The number of ketones is 1. The molecule has 0 spiro atoms. The quantitative estimate of drug-likeness (QED) is 0.258. The molecule has 98 valence electrons. The first kappa shape index (κ1) is 13.6. The molecule has 0 radical (unpaired) electrons. The molecule has 2 aromatic rings. The van der Waals surface area contributed by atoms with E-state index in [4.69, 9.17) is 10.8 Å². The molecule has 2 rings (SSSR count). The Hall–Kier alpha value is -2.83. The van der Waals surface area contributed by atoms with E-state index in [0.717, 1.165) is 10.8 Å². The van der Waals surface area contributed by atoms with Crippen LogP contribution in [0.5, 0.6) is 0 Å². The van der Waals surface area contributed by atoms with E-state index in [1.807, 2.05) is 12.1 Å². The van der Waals surface area contributed by atoms with Gasteiger partial charge in [0.25, 0.3) is 0 Å². The van der Waals surface area contributed by atoms with E-state index < -0.39 is 0 Å². The zero-order valence-corrected chi connectivity index (χ0v) is 10.8. The van der Waals surface area contributed by atoms with Crippen molar-refractivity contribution in [3.63, 3.8) is 0 Å². The van der Waals surface area contributed by atoms with Crippen LogP contribution in [-0.4, -0.2) is 5.78 Å². The highest BCUT2D eigenvalue weighted by molar-refractivity contribution is 6.02. The summed E-state index contributed by atoms with van der Waals surface area (Å²) in [6, 6.07) is 12.7.